The topological polar surface area (TPSA) is 75.6 Å². The number of ether oxygens (including phenoxy) is 1. The molecule has 2 aliphatic rings. The number of benzene rings is 1. The zero-order valence-electron chi connectivity index (χ0n) is 15.6. The van der Waals surface area contributed by atoms with E-state index >= 15 is 0 Å². The molecule has 2 saturated heterocycles. The largest absolute Gasteiger partial charge is 0.378 e. The highest BCUT2D eigenvalue weighted by molar-refractivity contribution is 5.95. The van der Waals surface area contributed by atoms with Crippen LogP contribution >= 0.6 is 0 Å². The van der Waals surface area contributed by atoms with E-state index in [1.54, 1.807) is 0 Å². The van der Waals surface area contributed by atoms with Crippen molar-refractivity contribution in [2.45, 2.75) is 13.5 Å². The molecule has 144 valence electrons. The van der Waals surface area contributed by atoms with Gasteiger partial charge in [0.2, 0.25) is 11.8 Å². The normalized spacial score (nSPS) is 18.9. The van der Waals surface area contributed by atoms with Crippen molar-refractivity contribution in [1.29, 1.82) is 0 Å². The molecule has 2 aliphatic heterocycles. The molecule has 1 aromatic heterocycles. The van der Waals surface area contributed by atoms with E-state index in [-0.39, 0.29) is 17.7 Å². The first-order valence-corrected chi connectivity index (χ1v) is 9.58. The summed E-state index contributed by atoms with van der Waals surface area (Å²) in [5.74, 6) is 0.581. The molecular weight excluding hydrogens is 344 g/mol. The highest BCUT2D eigenvalue weighted by atomic mass is 16.5. The molecule has 7 heteroatoms. The number of aromatic nitrogens is 1. The number of hydrogen-bond acceptors (Lipinski definition) is 4. The Morgan fingerprint density at radius 1 is 1.26 bits per heavy atom. The minimum absolute atomic E-state index is 0.00214. The predicted molar refractivity (Wildman–Crippen MR) is 103 cm³/mol. The summed E-state index contributed by atoms with van der Waals surface area (Å²) in [4.78, 5) is 26.7. The minimum atomic E-state index is -0.00214. The van der Waals surface area contributed by atoms with Crippen LogP contribution < -0.4 is 10.6 Å². The average molecular weight is 370 g/mol. The predicted octanol–water partition coefficient (Wildman–Crippen LogP) is 1.29. The molecule has 0 spiro atoms. The van der Waals surface area contributed by atoms with Crippen molar-refractivity contribution in [3.63, 3.8) is 0 Å². The summed E-state index contributed by atoms with van der Waals surface area (Å²) in [6.45, 7) is 6.65. The van der Waals surface area contributed by atoms with Gasteiger partial charge >= 0.3 is 0 Å². The number of morpholine rings is 1. The van der Waals surface area contributed by atoms with Gasteiger partial charge < -0.3 is 24.8 Å². The molecule has 1 atom stereocenters. The number of hydrogen-bond donors (Lipinski definition) is 2. The smallest absolute Gasteiger partial charge is 0.242 e. The van der Waals surface area contributed by atoms with E-state index in [0.29, 0.717) is 38.8 Å². The fourth-order valence-corrected chi connectivity index (χ4v) is 3.61. The Bertz CT molecular complexity index is 837. The monoisotopic (exact) mass is 370 g/mol. The highest BCUT2D eigenvalue weighted by Crippen LogP contribution is 2.23. The Hall–Kier alpha value is -2.38. The van der Waals surface area contributed by atoms with Crippen LogP contribution in [0.1, 0.15) is 6.92 Å². The Kier molecular flexibility index (Phi) is 5.13. The van der Waals surface area contributed by atoms with Crippen LogP contribution in [0.25, 0.3) is 10.9 Å². The van der Waals surface area contributed by atoms with Crippen molar-refractivity contribution in [1.82, 2.24) is 14.8 Å². The third kappa shape index (κ3) is 3.84. The van der Waals surface area contributed by atoms with Crippen molar-refractivity contribution in [2.75, 3.05) is 44.7 Å². The van der Waals surface area contributed by atoms with Gasteiger partial charge in [0.05, 0.1) is 13.2 Å². The van der Waals surface area contributed by atoms with Gasteiger partial charge in [-0.05, 0) is 43.3 Å². The highest BCUT2D eigenvalue weighted by Gasteiger charge is 2.28. The summed E-state index contributed by atoms with van der Waals surface area (Å²) in [6, 6.07) is 7.82. The van der Waals surface area contributed by atoms with Crippen molar-refractivity contribution < 1.29 is 14.3 Å². The Balaban J connectivity index is 1.43. The van der Waals surface area contributed by atoms with E-state index in [9.17, 15) is 9.59 Å². The molecule has 1 unspecified atom stereocenters. The third-order valence-corrected chi connectivity index (χ3v) is 5.64. The van der Waals surface area contributed by atoms with Gasteiger partial charge in [-0.15, -0.1) is 0 Å². The first kappa shape index (κ1) is 18.0. The molecule has 4 rings (SSSR count). The molecule has 0 saturated carbocycles. The van der Waals surface area contributed by atoms with Crippen LogP contribution in [0.2, 0.25) is 0 Å². The molecule has 2 amide bonds. The van der Waals surface area contributed by atoms with E-state index in [2.05, 4.69) is 10.6 Å². The number of amides is 2. The first-order valence-electron chi connectivity index (χ1n) is 9.58. The second-order valence-electron chi connectivity index (χ2n) is 7.41. The summed E-state index contributed by atoms with van der Waals surface area (Å²) < 4.78 is 7.26. The van der Waals surface area contributed by atoms with Gasteiger partial charge in [-0.25, -0.2) is 0 Å². The maximum absolute atomic E-state index is 12.5. The molecule has 2 fully saturated rings. The molecule has 2 aromatic rings. The number of carbonyl (C=O) groups is 2. The SMILES string of the molecule is CC(C(=O)Nc1ccc2c(ccn2CC(=O)N2CCOCC2)c1)C1CNC1. The fourth-order valence-electron chi connectivity index (χ4n) is 3.61. The molecule has 3 heterocycles. The Morgan fingerprint density at radius 3 is 2.74 bits per heavy atom. The number of carbonyl (C=O) groups excluding carboxylic acids is 2. The summed E-state index contributed by atoms with van der Waals surface area (Å²) in [6.07, 6.45) is 1.93. The van der Waals surface area contributed by atoms with Crippen LogP contribution in [0.5, 0.6) is 0 Å². The number of nitrogens with one attached hydrogen (secondary N) is 2. The number of fused-ring (bicyclic) bond motifs is 1. The van der Waals surface area contributed by atoms with Crippen LogP contribution in [-0.2, 0) is 20.9 Å². The molecule has 1 aromatic carbocycles. The third-order valence-electron chi connectivity index (χ3n) is 5.64. The summed E-state index contributed by atoms with van der Waals surface area (Å²) in [5, 5.41) is 7.24. The Labute approximate surface area is 158 Å². The van der Waals surface area contributed by atoms with Gasteiger partial charge in [-0.1, -0.05) is 6.92 Å². The van der Waals surface area contributed by atoms with Gasteiger partial charge in [0.25, 0.3) is 0 Å². The standard InChI is InChI=1S/C20H26N4O3/c1-14(16-11-21-12-16)20(26)22-17-2-3-18-15(10-17)4-5-24(18)13-19(25)23-6-8-27-9-7-23/h2-5,10,14,16,21H,6-9,11-13H2,1H3,(H,22,26). The van der Waals surface area contributed by atoms with Gasteiger partial charge in [-0.3, -0.25) is 9.59 Å². The van der Waals surface area contributed by atoms with Crippen molar-refractivity contribution >= 4 is 28.4 Å². The lowest BCUT2D eigenvalue weighted by Gasteiger charge is -2.31. The van der Waals surface area contributed by atoms with Crippen LogP contribution in [0.4, 0.5) is 5.69 Å². The number of rotatable bonds is 5. The lowest BCUT2D eigenvalue weighted by Crippen LogP contribution is -2.48. The summed E-state index contributed by atoms with van der Waals surface area (Å²) in [5.41, 5.74) is 1.79. The second-order valence-corrected chi connectivity index (χ2v) is 7.41. The Morgan fingerprint density at radius 2 is 2.04 bits per heavy atom. The van der Waals surface area contributed by atoms with E-state index < -0.39 is 0 Å². The molecule has 0 radical (unpaired) electrons. The average Bonchev–Trinajstić information content (AvgIpc) is 3.03. The van der Waals surface area contributed by atoms with Crippen molar-refractivity contribution in [2.24, 2.45) is 11.8 Å². The molecule has 7 nitrogen and oxygen atoms in total. The van der Waals surface area contributed by atoms with Gasteiger partial charge in [0.1, 0.15) is 6.54 Å². The van der Waals surface area contributed by atoms with E-state index in [1.807, 2.05) is 46.9 Å². The number of anilines is 1. The maximum Gasteiger partial charge on any atom is 0.242 e. The second kappa shape index (κ2) is 7.70. The first-order chi connectivity index (χ1) is 13.1. The lowest BCUT2D eigenvalue weighted by molar-refractivity contribution is -0.135. The summed E-state index contributed by atoms with van der Waals surface area (Å²) >= 11 is 0. The fraction of sp³-hybridized carbons (Fsp3) is 0.500. The molecular formula is C20H26N4O3. The van der Waals surface area contributed by atoms with Crippen LogP contribution in [-0.4, -0.2) is 60.7 Å². The minimum Gasteiger partial charge on any atom is -0.378 e. The van der Waals surface area contributed by atoms with Crippen LogP contribution in [0.3, 0.4) is 0 Å². The maximum atomic E-state index is 12.5. The van der Waals surface area contributed by atoms with E-state index in [4.69, 9.17) is 4.74 Å². The van der Waals surface area contributed by atoms with Gasteiger partial charge in [0, 0.05) is 41.8 Å². The van der Waals surface area contributed by atoms with Crippen molar-refractivity contribution in [3.8, 4) is 0 Å². The quantitative estimate of drug-likeness (QED) is 0.832. The zero-order chi connectivity index (χ0) is 18.8. The molecule has 0 bridgehead atoms. The van der Waals surface area contributed by atoms with E-state index in [1.165, 1.54) is 0 Å². The number of nitrogens with zero attached hydrogens (tertiary/aromatic N) is 2. The summed E-state index contributed by atoms with van der Waals surface area (Å²) in [7, 11) is 0. The lowest BCUT2D eigenvalue weighted by atomic mass is 9.88. The zero-order valence-corrected chi connectivity index (χ0v) is 15.6. The molecule has 0 aliphatic carbocycles. The van der Waals surface area contributed by atoms with Crippen LogP contribution in [0, 0.1) is 11.8 Å². The van der Waals surface area contributed by atoms with Crippen molar-refractivity contribution in [3.05, 3.63) is 30.5 Å². The van der Waals surface area contributed by atoms with Gasteiger partial charge in [-0.2, -0.15) is 0 Å². The molecule has 27 heavy (non-hydrogen) atoms. The van der Waals surface area contributed by atoms with Crippen LogP contribution in [0.15, 0.2) is 30.5 Å². The van der Waals surface area contributed by atoms with Gasteiger partial charge in [0.15, 0.2) is 0 Å². The molecule has 2 N–H and O–H groups in total. The van der Waals surface area contributed by atoms with E-state index in [0.717, 1.165) is 29.7 Å².